The van der Waals surface area contributed by atoms with Gasteiger partial charge in [0.1, 0.15) is 0 Å². The maximum atomic E-state index is 9.32. The summed E-state index contributed by atoms with van der Waals surface area (Å²) in [5.74, 6) is 0. The highest BCUT2D eigenvalue weighted by atomic mass is 35.5. The summed E-state index contributed by atoms with van der Waals surface area (Å²) in [5, 5.41) is 9.28. The van der Waals surface area contributed by atoms with Crippen LogP contribution in [0.15, 0.2) is 12.2 Å². The second-order valence-corrected chi connectivity index (χ2v) is 3.27. The third kappa shape index (κ3) is 2.31. The van der Waals surface area contributed by atoms with Crippen molar-refractivity contribution in [3.63, 3.8) is 0 Å². The quantitative estimate of drug-likeness (QED) is 0.425. The van der Waals surface area contributed by atoms with E-state index in [1.54, 1.807) is 0 Å². The number of hydrogen-bond donors (Lipinski definition) is 1. The lowest BCUT2D eigenvalue weighted by atomic mass is 10.0. The molecule has 0 saturated carbocycles. The maximum Gasteiger partial charge on any atom is 0.0706 e. The summed E-state index contributed by atoms with van der Waals surface area (Å²) in [5.41, 5.74) is 0. The lowest BCUT2D eigenvalue weighted by Gasteiger charge is -2.16. The molecule has 0 fully saturated rings. The van der Waals surface area contributed by atoms with Gasteiger partial charge >= 0.3 is 0 Å². The first kappa shape index (κ1) is 8.09. The molecule has 0 heterocycles. The fraction of sp³-hybridized carbons (Fsp3) is 0.750. The van der Waals surface area contributed by atoms with Crippen LogP contribution in [0, 0.1) is 0 Å². The van der Waals surface area contributed by atoms with Gasteiger partial charge < -0.3 is 5.11 Å². The number of alkyl halides is 1. The summed E-state index contributed by atoms with van der Waals surface area (Å²) < 4.78 is 0. The molecule has 1 nitrogen and oxygen atoms in total. The van der Waals surface area contributed by atoms with Crippen LogP contribution in [0.4, 0.5) is 0 Å². The van der Waals surface area contributed by atoms with Crippen molar-refractivity contribution >= 4 is 11.6 Å². The standard InChI is InChI=1S/C8H13ClO/c9-7-5-3-1-2-4-6-8(7)10/h1-2,7-8,10H,3-6H2/b2-1-/t7-,8-/m1/s1. The molecule has 1 aliphatic rings. The van der Waals surface area contributed by atoms with E-state index in [1.165, 1.54) is 0 Å². The van der Waals surface area contributed by atoms with Crippen molar-refractivity contribution in [3.05, 3.63) is 12.2 Å². The van der Waals surface area contributed by atoms with Gasteiger partial charge in [-0.2, -0.15) is 0 Å². The van der Waals surface area contributed by atoms with Gasteiger partial charge in [-0.1, -0.05) is 12.2 Å². The number of halogens is 1. The van der Waals surface area contributed by atoms with Crippen LogP contribution in [0.5, 0.6) is 0 Å². The minimum Gasteiger partial charge on any atom is -0.392 e. The largest absolute Gasteiger partial charge is 0.392 e. The van der Waals surface area contributed by atoms with Crippen LogP contribution >= 0.6 is 11.6 Å². The van der Waals surface area contributed by atoms with E-state index in [0.717, 1.165) is 25.7 Å². The zero-order chi connectivity index (χ0) is 7.40. The predicted octanol–water partition coefficient (Wildman–Crippen LogP) is 2.08. The molecule has 0 aromatic rings. The zero-order valence-corrected chi connectivity index (χ0v) is 6.72. The Hall–Kier alpha value is -0.0100. The highest BCUT2D eigenvalue weighted by Gasteiger charge is 2.15. The fourth-order valence-corrected chi connectivity index (χ4v) is 1.38. The van der Waals surface area contributed by atoms with Gasteiger partial charge in [-0.3, -0.25) is 0 Å². The van der Waals surface area contributed by atoms with Crippen LogP contribution in [0.1, 0.15) is 25.7 Å². The summed E-state index contributed by atoms with van der Waals surface area (Å²) in [4.78, 5) is 0. The predicted molar refractivity (Wildman–Crippen MR) is 43.3 cm³/mol. The van der Waals surface area contributed by atoms with Crippen LogP contribution in [0.25, 0.3) is 0 Å². The zero-order valence-electron chi connectivity index (χ0n) is 5.96. The fourth-order valence-electron chi connectivity index (χ4n) is 1.13. The van der Waals surface area contributed by atoms with Gasteiger partial charge in [-0.05, 0) is 25.7 Å². The summed E-state index contributed by atoms with van der Waals surface area (Å²) >= 11 is 5.86. The molecule has 1 rings (SSSR count). The number of aliphatic hydroxyl groups excluding tert-OH is 1. The first-order valence-electron chi connectivity index (χ1n) is 3.78. The average molecular weight is 161 g/mol. The first-order chi connectivity index (χ1) is 4.80. The van der Waals surface area contributed by atoms with Crippen LogP contribution in [-0.2, 0) is 0 Å². The van der Waals surface area contributed by atoms with Crippen molar-refractivity contribution in [2.75, 3.05) is 0 Å². The lowest BCUT2D eigenvalue weighted by Crippen LogP contribution is -2.20. The molecule has 0 saturated heterocycles. The highest BCUT2D eigenvalue weighted by molar-refractivity contribution is 6.21. The molecule has 2 atom stereocenters. The second-order valence-electron chi connectivity index (χ2n) is 2.71. The molecule has 10 heavy (non-hydrogen) atoms. The van der Waals surface area contributed by atoms with Gasteiger partial charge in [-0.15, -0.1) is 11.6 Å². The second kappa shape index (κ2) is 3.99. The Morgan fingerprint density at radius 2 is 1.80 bits per heavy atom. The van der Waals surface area contributed by atoms with Gasteiger partial charge in [0, 0.05) is 0 Å². The van der Waals surface area contributed by atoms with Gasteiger partial charge in [0.25, 0.3) is 0 Å². The van der Waals surface area contributed by atoms with Crippen LogP contribution in [0.2, 0.25) is 0 Å². The summed E-state index contributed by atoms with van der Waals surface area (Å²) in [7, 11) is 0. The van der Waals surface area contributed by atoms with Gasteiger partial charge in [0.2, 0.25) is 0 Å². The Morgan fingerprint density at radius 3 is 2.50 bits per heavy atom. The van der Waals surface area contributed by atoms with Gasteiger partial charge in [0.15, 0.2) is 0 Å². The molecule has 0 aromatic heterocycles. The van der Waals surface area contributed by atoms with Crippen molar-refractivity contribution in [3.8, 4) is 0 Å². The van der Waals surface area contributed by atoms with Crippen molar-refractivity contribution in [2.45, 2.75) is 37.2 Å². The molecule has 0 amide bonds. The first-order valence-corrected chi connectivity index (χ1v) is 4.21. The summed E-state index contributed by atoms with van der Waals surface area (Å²) in [6.45, 7) is 0. The molecular weight excluding hydrogens is 148 g/mol. The molecule has 58 valence electrons. The van der Waals surface area contributed by atoms with E-state index >= 15 is 0 Å². The molecular formula is C8H13ClO. The van der Waals surface area contributed by atoms with Crippen LogP contribution in [-0.4, -0.2) is 16.6 Å². The smallest absolute Gasteiger partial charge is 0.0706 e. The number of hydrogen-bond acceptors (Lipinski definition) is 1. The number of aliphatic hydroxyl groups is 1. The normalized spacial score (nSPS) is 38.2. The van der Waals surface area contributed by atoms with Gasteiger partial charge in [-0.25, -0.2) is 0 Å². The molecule has 0 bridgehead atoms. The average Bonchev–Trinajstić information content (AvgIpc) is 1.92. The van der Waals surface area contributed by atoms with Crippen molar-refractivity contribution in [1.29, 1.82) is 0 Å². The Morgan fingerprint density at radius 1 is 1.20 bits per heavy atom. The van der Waals surface area contributed by atoms with Crippen molar-refractivity contribution in [2.24, 2.45) is 0 Å². The molecule has 0 aromatic carbocycles. The monoisotopic (exact) mass is 160 g/mol. The van der Waals surface area contributed by atoms with Crippen LogP contribution < -0.4 is 0 Å². The Balaban J connectivity index is 2.40. The Kier molecular flexibility index (Phi) is 3.23. The van der Waals surface area contributed by atoms with E-state index in [4.69, 9.17) is 11.6 Å². The SMILES string of the molecule is O[C@@H]1CC/C=C\CC[C@H]1Cl. The van der Waals surface area contributed by atoms with E-state index in [2.05, 4.69) is 12.2 Å². The van der Waals surface area contributed by atoms with E-state index in [1.807, 2.05) is 0 Å². The van der Waals surface area contributed by atoms with E-state index in [9.17, 15) is 5.11 Å². The minimum absolute atomic E-state index is 0.0371. The highest BCUT2D eigenvalue weighted by Crippen LogP contribution is 2.17. The van der Waals surface area contributed by atoms with E-state index < -0.39 is 0 Å². The molecule has 0 radical (unpaired) electrons. The minimum atomic E-state index is -0.299. The Labute approximate surface area is 66.7 Å². The topological polar surface area (TPSA) is 20.2 Å². The Bertz CT molecular complexity index is 108. The number of rotatable bonds is 0. The van der Waals surface area contributed by atoms with E-state index in [-0.39, 0.29) is 11.5 Å². The van der Waals surface area contributed by atoms with E-state index in [0.29, 0.717) is 0 Å². The molecule has 0 unspecified atom stereocenters. The molecule has 1 N–H and O–H groups in total. The third-order valence-corrected chi connectivity index (χ3v) is 2.33. The van der Waals surface area contributed by atoms with Crippen LogP contribution in [0.3, 0.4) is 0 Å². The summed E-state index contributed by atoms with van der Waals surface area (Å²) in [6.07, 6.45) is 7.64. The molecule has 0 spiro atoms. The molecule has 2 heteroatoms. The maximum absolute atomic E-state index is 9.32. The molecule has 1 aliphatic carbocycles. The lowest BCUT2D eigenvalue weighted by molar-refractivity contribution is 0.156. The molecule has 0 aliphatic heterocycles. The number of allylic oxidation sites excluding steroid dienone is 2. The van der Waals surface area contributed by atoms with Crippen molar-refractivity contribution in [1.82, 2.24) is 0 Å². The van der Waals surface area contributed by atoms with Crippen molar-refractivity contribution < 1.29 is 5.11 Å². The van der Waals surface area contributed by atoms with Gasteiger partial charge in [0.05, 0.1) is 11.5 Å². The third-order valence-electron chi connectivity index (χ3n) is 1.82. The summed E-state index contributed by atoms with van der Waals surface area (Å²) in [6, 6.07) is 0.